The van der Waals surface area contributed by atoms with Crippen LogP contribution in [0.15, 0.2) is 53.4 Å². The number of nitrogens with two attached hydrogens (primary N) is 1. The fraction of sp³-hybridized carbons (Fsp3) is 0.333. The summed E-state index contributed by atoms with van der Waals surface area (Å²) in [6.45, 7) is 1.11. The Labute approximate surface area is 143 Å². The van der Waals surface area contributed by atoms with Crippen molar-refractivity contribution in [2.24, 2.45) is 5.73 Å². The van der Waals surface area contributed by atoms with Crippen LogP contribution in [0.1, 0.15) is 23.6 Å². The van der Waals surface area contributed by atoms with Crippen LogP contribution in [0, 0.1) is 0 Å². The number of nitrogens with one attached hydrogen (secondary N) is 1. The van der Waals surface area contributed by atoms with Gasteiger partial charge in [0.05, 0.1) is 4.90 Å². The normalized spacial score (nSPS) is 15.8. The van der Waals surface area contributed by atoms with E-state index in [1.54, 1.807) is 12.1 Å². The van der Waals surface area contributed by atoms with Crippen molar-refractivity contribution in [3.8, 4) is 0 Å². The summed E-state index contributed by atoms with van der Waals surface area (Å²) in [5, 5.41) is 0. The van der Waals surface area contributed by atoms with E-state index >= 15 is 0 Å². The van der Waals surface area contributed by atoms with Crippen LogP contribution in [0.4, 0.5) is 5.69 Å². The van der Waals surface area contributed by atoms with E-state index in [9.17, 15) is 8.42 Å². The lowest BCUT2D eigenvalue weighted by Gasteiger charge is -2.28. The lowest BCUT2D eigenvalue weighted by molar-refractivity contribution is 0.572. The van der Waals surface area contributed by atoms with E-state index in [4.69, 9.17) is 5.73 Å². The number of benzene rings is 2. The molecule has 0 spiro atoms. The number of aryl methyl sites for hydroxylation is 1. The second kappa shape index (κ2) is 6.93. The molecule has 0 fully saturated rings. The summed E-state index contributed by atoms with van der Waals surface area (Å²) in [6, 6.07) is 14.5. The molecule has 0 saturated carbocycles. The first-order valence-corrected chi connectivity index (χ1v) is 9.60. The van der Waals surface area contributed by atoms with Gasteiger partial charge in [-0.15, -0.1) is 0 Å². The molecule has 3 N–H and O–H groups in total. The van der Waals surface area contributed by atoms with E-state index in [-0.39, 0.29) is 17.5 Å². The summed E-state index contributed by atoms with van der Waals surface area (Å²) in [7, 11) is -1.58. The van der Waals surface area contributed by atoms with Crippen LogP contribution in [0.3, 0.4) is 0 Å². The summed E-state index contributed by atoms with van der Waals surface area (Å²) >= 11 is 0. The molecule has 6 heteroatoms. The van der Waals surface area contributed by atoms with Crippen molar-refractivity contribution in [1.29, 1.82) is 0 Å². The van der Waals surface area contributed by atoms with Crippen LogP contribution in [0.5, 0.6) is 0 Å². The summed E-state index contributed by atoms with van der Waals surface area (Å²) in [4.78, 5) is 2.39. The number of rotatable bonds is 5. The summed E-state index contributed by atoms with van der Waals surface area (Å²) < 4.78 is 27.8. The molecule has 0 aliphatic carbocycles. The zero-order valence-electron chi connectivity index (χ0n) is 13.8. The molecule has 3 rings (SSSR count). The minimum Gasteiger partial charge on any atom is -0.374 e. The molecule has 0 aromatic heterocycles. The highest BCUT2D eigenvalue weighted by molar-refractivity contribution is 7.89. The van der Waals surface area contributed by atoms with Crippen molar-refractivity contribution in [3.05, 3.63) is 59.7 Å². The Morgan fingerprint density at radius 3 is 2.71 bits per heavy atom. The molecule has 1 heterocycles. The van der Waals surface area contributed by atoms with E-state index in [2.05, 4.69) is 9.62 Å². The minimum atomic E-state index is -3.58. The molecular formula is C18H23N3O2S. The van der Waals surface area contributed by atoms with Gasteiger partial charge in [-0.1, -0.05) is 36.4 Å². The van der Waals surface area contributed by atoms with Crippen molar-refractivity contribution in [1.82, 2.24) is 4.72 Å². The van der Waals surface area contributed by atoms with Gasteiger partial charge in [0.15, 0.2) is 0 Å². The van der Waals surface area contributed by atoms with E-state index in [1.165, 1.54) is 5.56 Å². The average molecular weight is 345 g/mol. The fourth-order valence-corrected chi connectivity index (χ4v) is 4.09. The molecule has 2 aromatic rings. The van der Waals surface area contributed by atoms with Gasteiger partial charge in [0, 0.05) is 31.9 Å². The Morgan fingerprint density at radius 2 is 1.96 bits per heavy atom. The number of hydrogen-bond acceptors (Lipinski definition) is 4. The topological polar surface area (TPSA) is 75.4 Å². The molecular weight excluding hydrogens is 322 g/mol. The van der Waals surface area contributed by atoms with Gasteiger partial charge in [0.25, 0.3) is 0 Å². The van der Waals surface area contributed by atoms with Crippen LogP contribution < -0.4 is 15.4 Å². The zero-order valence-corrected chi connectivity index (χ0v) is 14.6. The van der Waals surface area contributed by atoms with Crippen LogP contribution in [-0.4, -0.2) is 28.6 Å². The third-order valence-corrected chi connectivity index (χ3v) is 5.86. The summed E-state index contributed by atoms with van der Waals surface area (Å²) in [6.07, 6.45) is 2.09. The van der Waals surface area contributed by atoms with Gasteiger partial charge in [-0.25, -0.2) is 13.1 Å². The van der Waals surface area contributed by atoms with Crippen molar-refractivity contribution in [2.45, 2.75) is 23.8 Å². The molecule has 128 valence electrons. The molecule has 0 bridgehead atoms. The first kappa shape index (κ1) is 17.0. The quantitative estimate of drug-likeness (QED) is 0.870. The van der Waals surface area contributed by atoms with Gasteiger partial charge < -0.3 is 10.6 Å². The number of anilines is 1. The van der Waals surface area contributed by atoms with Crippen LogP contribution in [-0.2, 0) is 16.4 Å². The minimum absolute atomic E-state index is 0.166. The van der Waals surface area contributed by atoms with E-state index < -0.39 is 10.0 Å². The van der Waals surface area contributed by atoms with Crippen molar-refractivity contribution in [2.75, 3.05) is 25.0 Å². The summed E-state index contributed by atoms with van der Waals surface area (Å²) in [5.74, 6) is 0. The molecule has 0 radical (unpaired) electrons. The number of nitrogens with zero attached hydrogens (tertiary/aromatic N) is 1. The Kier molecular flexibility index (Phi) is 4.89. The molecule has 1 aliphatic rings. The summed E-state index contributed by atoms with van der Waals surface area (Å²) in [5.41, 5.74) is 9.18. The lowest BCUT2D eigenvalue weighted by Crippen LogP contribution is -2.32. The Morgan fingerprint density at radius 1 is 1.21 bits per heavy atom. The van der Waals surface area contributed by atoms with Crippen LogP contribution >= 0.6 is 0 Å². The smallest absolute Gasteiger partial charge is 0.240 e. The lowest BCUT2D eigenvalue weighted by atomic mass is 10.0. The van der Waals surface area contributed by atoms with Gasteiger partial charge >= 0.3 is 0 Å². The highest BCUT2D eigenvalue weighted by Crippen LogP contribution is 2.28. The molecule has 0 amide bonds. The monoisotopic (exact) mass is 345 g/mol. The number of hydrogen-bond donors (Lipinski definition) is 2. The Balaban J connectivity index is 1.75. The predicted octanol–water partition coefficient (Wildman–Crippen LogP) is 2.05. The first-order valence-electron chi connectivity index (χ1n) is 8.11. The van der Waals surface area contributed by atoms with Gasteiger partial charge in [-0.05, 0) is 36.1 Å². The van der Waals surface area contributed by atoms with Gasteiger partial charge in [-0.3, -0.25) is 0 Å². The first-order chi connectivity index (χ1) is 11.5. The Bertz CT molecular complexity index is 806. The maximum atomic E-state index is 12.6. The molecule has 1 atom stereocenters. The van der Waals surface area contributed by atoms with E-state index in [0.29, 0.717) is 0 Å². The molecule has 0 saturated heterocycles. The van der Waals surface area contributed by atoms with Crippen molar-refractivity contribution >= 4 is 15.7 Å². The second-order valence-electron chi connectivity index (χ2n) is 6.18. The van der Waals surface area contributed by atoms with Crippen LogP contribution in [0.25, 0.3) is 0 Å². The number of sulfonamides is 1. The largest absolute Gasteiger partial charge is 0.374 e. The standard InChI is InChI=1S/C18H23N3O2S/c1-21-11-5-8-15-9-10-16(12-18(15)21)24(22,23)20-13-17(19)14-6-3-2-4-7-14/h2-4,6-7,9-10,12,17,20H,5,8,11,13,19H2,1H3/t17-/m0/s1. The molecule has 0 unspecified atom stereocenters. The maximum Gasteiger partial charge on any atom is 0.240 e. The molecule has 2 aromatic carbocycles. The second-order valence-corrected chi connectivity index (χ2v) is 7.95. The molecule has 24 heavy (non-hydrogen) atoms. The predicted molar refractivity (Wildman–Crippen MR) is 96.6 cm³/mol. The average Bonchev–Trinajstić information content (AvgIpc) is 2.60. The SMILES string of the molecule is CN1CCCc2ccc(S(=O)(=O)NC[C@H](N)c3ccccc3)cc21. The third kappa shape index (κ3) is 3.61. The van der Waals surface area contributed by atoms with E-state index in [1.807, 2.05) is 43.4 Å². The molecule has 5 nitrogen and oxygen atoms in total. The Hall–Kier alpha value is -1.89. The fourth-order valence-electron chi connectivity index (χ4n) is 3.01. The van der Waals surface area contributed by atoms with E-state index in [0.717, 1.165) is 30.6 Å². The number of fused-ring (bicyclic) bond motifs is 1. The highest BCUT2D eigenvalue weighted by Gasteiger charge is 2.20. The zero-order chi connectivity index (χ0) is 17.2. The molecule has 1 aliphatic heterocycles. The van der Waals surface area contributed by atoms with Crippen LogP contribution in [0.2, 0.25) is 0 Å². The highest BCUT2D eigenvalue weighted by atomic mass is 32.2. The van der Waals surface area contributed by atoms with Crippen molar-refractivity contribution in [3.63, 3.8) is 0 Å². The van der Waals surface area contributed by atoms with Gasteiger partial charge in [-0.2, -0.15) is 0 Å². The van der Waals surface area contributed by atoms with Gasteiger partial charge in [0.1, 0.15) is 0 Å². The van der Waals surface area contributed by atoms with Crippen molar-refractivity contribution < 1.29 is 8.42 Å². The maximum absolute atomic E-state index is 12.6. The third-order valence-electron chi connectivity index (χ3n) is 4.44. The van der Waals surface area contributed by atoms with Gasteiger partial charge in [0.2, 0.25) is 10.0 Å².